The van der Waals surface area contributed by atoms with Crippen molar-refractivity contribution in [1.29, 1.82) is 10.5 Å². The highest BCUT2D eigenvalue weighted by Gasteiger charge is 2.28. The van der Waals surface area contributed by atoms with E-state index in [2.05, 4.69) is 48.9 Å². The highest BCUT2D eigenvalue weighted by atomic mass is 32.1. The van der Waals surface area contributed by atoms with E-state index in [0.717, 1.165) is 70.0 Å². The van der Waals surface area contributed by atoms with Crippen LogP contribution in [0.25, 0.3) is 53.7 Å². The third kappa shape index (κ3) is 5.22. The Morgan fingerprint density at radius 1 is 0.595 bits per heavy atom. The van der Waals surface area contributed by atoms with Crippen molar-refractivity contribution < 1.29 is 0 Å². The highest BCUT2D eigenvalue weighted by molar-refractivity contribution is 7.14. The van der Waals surface area contributed by atoms with E-state index in [-0.39, 0.29) is 0 Å². The zero-order valence-corrected chi connectivity index (χ0v) is 27.0. The van der Waals surface area contributed by atoms with Crippen LogP contribution in [0.15, 0.2) is 22.9 Å². The first-order valence-corrected chi connectivity index (χ1v) is 17.8. The van der Waals surface area contributed by atoms with Crippen LogP contribution in [0.4, 0.5) is 0 Å². The summed E-state index contributed by atoms with van der Waals surface area (Å²) in [6, 6.07) is 9.37. The Hall–Kier alpha value is -3.28. The van der Waals surface area contributed by atoms with Crippen molar-refractivity contribution in [2.75, 3.05) is 0 Å². The van der Waals surface area contributed by atoms with E-state index in [4.69, 9.17) is 17.5 Å². The predicted molar refractivity (Wildman–Crippen MR) is 178 cm³/mol. The molecule has 0 spiro atoms. The van der Waals surface area contributed by atoms with Crippen LogP contribution in [0.1, 0.15) is 87.5 Å². The lowest BCUT2D eigenvalue weighted by Gasteiger charge is -2.12. The number of thiophene rings is 2. The molecule has 0 saturated carbocycles. The number of unbranched alkanes of at least 4 members (excludes halogenated alkanes) is 6. The average Bonchev–Trinajstić information content (AvgIpc) is 3.83. The maximum atomic E-state index is 10.6. The average molecular weight is 627 g/mol. The van der Waals surface area contributed by atoms with E-state index in [1.807, 2.05) is 0 Å². The van der Waals surface area contributed by atoms with Gasteiger partial charge in [0, 0.05) is 31.7 Å². The molecule has 0 N–H and O–H groups in total. The molecule has 0 unspecified atom stereocenters. The minimum Gasteiger partial charge on any atom is -0.192 e. The van der Waals surface area contributed by atoms with Gasteiger partial charge < -0.3 is 0 Å². The van der Waals surface area contributed by atoms with Gasteiger partial charge >= 0.3 is 0 Å². The van der Waals surface area contributed by atoms with Crippen molar-refractivity contribution in [1.82, 2.24) is 17.5 Å². The van der Waals surface area contributed by atoms with Gasteiger partial charge in [-0.3, -0.25) is 0 Å². The monoisotopic (exact) mass is 626 g/mol. The first kappa shape index (κ1) is 28.8. The summed E-state index contributed by atoms with van der Waals surface area (Å²) in [5.74, 6) is 0. The fraction of sp³-hybridized carbons (Fsp3) is 0.375. The molecule has 0 atom stereocenters. The standard InChI is InChI=1S/C32H30N6S4/c1-3-5-7-9-11-19-13-23(39-17-19)25-21(15-33)27-28(31-29(25)35-41-37-31)22(16-34)26(30-32(27)38-42-36-30)24-14-20(18-40-24)12-10-8-6-4-2/h13-14,17-18H,3-12H2,1-2H3. The van der Waals surface area contributed by atoms with E-state index < -0.39 is 0 Å². The lowest BCUT2D eigenvalue weighted by molar-refractivity contribution is 0.667. The molecular weight excluding hydrogens is 597 g/mol. The normalized spacial score (nSPS) is 11.5. The van der Waals surface area contributed by atoms with Gasteiger partial charge in [0.2, 0.25) is 0 Å². The second-order valence-electron chi connectivity index (χ2n) is 10.7. The molecule has 6 nitrogen and oxygen atoms in total. The number of benzene rings is 2. The summed E-state index contributed by atoms with van der Waals surface area (Å²) in [6.07, 6.45) is 11.7. The second kappa shape index (κ2) is 12.9. The summed E-state index contributed by atoms with van der Waals surface area (Å²) in [6.45, 7) is 4.45. The molecule has 0 radical (unpaired) electrons. The van der Waals surface area contributed by atoms with Gasteiger partial charge in [0.25, 0.3) is 0 Å². The maximum absolute atomic E-state index is 10.6. The van der Waals surface area contributed by atoms with Gasteiger partial charge in [0.05, 0.1) is 34.6 Å². The van der Waals surface area contributed by atoms with Gasteiger partial charge in [-0.05, 0) is 59.7 Å². The first-order valence-electron chi connectivity index (χ1n) is 14.6. The molecule has 2 aromatic carbocycles. The van der Waals surface area contributed by atoms with Crippen molar-refractivity contribution in [2.24, 2.45) is 0 Å². The van der Waals surface area contributed by atoms with Crippen molar-refractivity contribution in [3.05, 3.63) is 45.1 Å². The Bertz CT molecular complexity index is 1820. The Kier molecular flexibility index (Phi) is 8.87. The zero-order valence-electron chi connectivity index (χ0n) is 23.7. The van der Waals surface area contributed by atoms with Crippen LogP contribution < -0.4 is 0 Å². The van der Waals surface area contributed by atoms with Crippen molar-refractivity contribution in [3.8, 4) is 33.0 Å². The predicted octanol–water partition coefficient (Wildman–Crippen LogP) is 10.3. The number of rotatable bonds is 12. The summed E-state index contributed by atoms with van der Waals surface area (Å²) in [7, 11) is 0. The molecule has 212 valence electrons. The van der Waals surface area contributed by atoms with Gasteiger partial charge in [0.15, 0.2) is 0 Å². The number of aryl methyl sites for hydroxylation is 2. The van der Waals surface area contributed by atoms with Crippen molar-refractivity contribution in [2.45, 2.75) is 78.1 Å². The number of nitriles is 2. The van der Waals surface area contributed by atoms with Crippen LogP contribution in [0, 0.1) is 22.7 Å². The van der Waals surface area contributed by atoms with Crippen LogP contribution in [0.3, 0.4) is 0 Å². The Balaban J connectivity index is 1.54. The van der Waals surface area contributed by atoms with E-state index in [1.54, 1.807) is 22.7 Å². The summed E-state index contributed by atoms with van der Waals surface area (Å²) < 4.78 is 18.8. The molecule has 0 aliphatic rings. The summed E-state index contributed by atoms with van der Waals surface area (Å²) in [5, 5.41) is 27.0. The summed E-state index contributed by atoms with van der Waals surface area (Å²) in [4.78, 5) is 2.00. The topological polar surface area (TPSA) is 99.1 Å². The second-order valence-corrected chi connectivity index (χ2v) is 13.5. The smallest absolute Gasteiger partial charge is 0.115 e. The number of aromatic nitrogens is 4. The fourth-order valence-electron chi connectivity index (χ4n) is 5.73. The van der Waals surface area contributed by atoms with Crippen LogP contribution >= 0.6 is 46.1 Å². The Morgan fingerprint density at radius 2 is 1.02 bits per heavy atom. The van der Waals surface area contributed by atoms with Crippen molar-refractivity contribution in [3.63, 3.8) is 0 Å². The lowest BCUT2D eigenvalue weighted by atomic mass is 9.89. The SMILES string of the molecule is CCCCCCc1csc(-c2c(C#N)c3c4nsnc4c(-c4cc(CCCCCC)cs4)c(C#N)c3c3nsnc23)c1. The molecule has 42 heavy (non-hydrogen) atoms. The van der Waals surface area contributed by atoms with Crippen molar-refractivity contribution >= 4 is 79.0 Å². The molecule has 0 fully saturated rings. The van der Waals surface area contributed by atoms with E-state index >= 15 is 0 Å². The van der Waals surface area contributed by atoms with E-state index in [0.29, 0.717) is 44.0 Å². The molecule has 10 heteroatoms. The van der Waals surface area contributed by atoms with Gasteiger partial charge in [-0.15, -0.1) is 22.7 Å². The Morgan fingerprint density at radius 3 is 1.43 bits per heavy atom. The lowest BCUT2D eigenvalue weighted by Crippen LogP contribution is -1.96. The largest absolute Gasteiger partial charge is 0.192 e. The van der Waals surface area contributed by atoms with Gasteiger partial charge in [-0.2, -0.15) is 28.0 Å². The van der Waals surface area contributed by atoms with Crippen LogP contribution in [0.5, 0.6) is 0 Å². The quantitative estimate of drug-likeness (QED) is 0.125. The summed E-state index contributed by atoms with van der Waals surface area (Å²) in [5.41, 5.74) is 7.79. The van der Waals surface area contributed by atoms with Gasteiger partial charge in [-0.25, -0.2) is 0 Å². The first-order chi connectivity index (χ1) is 20.7. The minimum absolute atomic E-state index is 0.494. The molecule has 4 aromatic heterocycles. The molecule has 6 rings (SSSR count). The van der Waals surface area contributed by atoms with E-state index in [1.165, 1.54) is 49.7 Å². The number of hydrogen-bond donors (Lipinski definition) is 0. The molecular formula is C32H30N6S4. The number of nitrogens with zero attached hydrogens (tertiary/aromatic N) is 6. The molecule has 4 heterocycles. The molecule has 0 amide bonds. The van der Waals surface area contributed by atoms with Gasteiger partial charge in [-0.1, -0.05) is 52.4 Å². The van der Waals surface area contributed by atoms with Crippen LogP contribution in [0.2, 0.25) is 0 Å². The van der Waals surface area contributed by atoms with Crippen LogP contribution in [-0.4, -0.2) is 17.5 Å². The Labute approximate surface area is 261 Å². The third-order valence-electron chi connectivity index (χ3n) is 7.84. The molecule has 6 aromatic rings. The molecule has 0 bridgehead atoms. The molecule has 0 aliphatic heterocycles. The van der Waals surface area contributed by atoms with Gasteiger partial charge in [0.1, 0.15) is 34.2 Å². The fourth-order valence-corrected chi connectivity index (χ4v) is 8.85. The maximum Gasteiger partial charge on any atom is 0.115 e. The summed E-state index contributed by atoms with van der Waals surface area (Å²) >= 11 is 5.53. The third-order valence-corrected chi connectivity index (χ3v) is 10.9. The zero-order chi connectivity index (χ0) is 29.1. The van der Waals surface area contributed by atoms with E-state index in [9.17, 15) is 10.5 Å². The molecule has 0 aliphatic carbocycles. The number of fused-ring (bicyclic) bond motifs is 5. The highest BCUT2D eigenvalue weighted by Crippen LogP contribution is 2.47. The number of hydrogen-bond acceptors (Lipinski definition) is 10. The molecule has 0 saturated heterocycles. The van der Waals surface area contributed by atoms with Crippen LogP contribution in [-0.2, 0) is 12.8 Å². The minimum atomic E-state index is 0.494.